The van der Waals surface area contributed by atoms with E-state index in [1.165, 1.54) is 6.92 Å². The fourth-order valence-electron chi connectivity index (χ4n) is 18.8. The number of hydrogen-bond donors (Lipinski definition) is 19. The average Bonchev–Trinajstić information content (AvgIpc) is 1.39. The molecule has 546 valence electrons. The highest BCUT2D eigenvalue weighted by molar-refractivity contribution is 5.80. The van der Waals surface area contributed by atoms with E-state index in [0.717, 1.165) is 5.57 Å². The summed E-state index contributed by atoms with van der Waals surface area (Å²) in [5, 5.41) is 210. The molecule has 0 amide bonds. The van der Waals surface area contributed by atoms with Crippen molar-refractivity contribution in [2.24, 2.45) is 50.2 Å². The maximum Gasteiger partial charge on any atom is 0.317 e. The van der Waals surface area contributed by atoms with Crippen LogP contribution in [0.2, 0.25) is 0 Å². The Kier molecular flexibility index (Phi) is 21.3. The van der Waals surface area contributed by atoms with Crippen molar-refractivity contribution in [1.29, 1.82) is 0 Å². The first-order chi connectivity index (χ1) is 44.5. The summed E-state index contributed by atoms with van der Waals surface area (Å²) in [5.74, 6) is -2.08. The van der Waals surface area contributed by atoms with Crippen LogP contribution in [0.1, 0.15) is 99.8 Å². The van der Waals surface area contributed by atoms with Gasteiger partial charge in [0.2, 0.25) is 6.29 Å². The molecule has 0 spiro atoms. The summed E-state index contributed by atoms with van der Waals surface area (Å²) < 4.78 is 70.2. The minimum atomic E-state index is -2.09. The van der Waals surface area contributed by atoms with Crippen LogP contribution in [0.15, 0.2) is 11.6 Å². The van der Waals surface area contributed by atoms with Gasteiger partial charge in [-0.05, 0) is 97.7 Å². The van der Waals surface area contributed by atoms with Crippen molar-refractivity contribution in [3.8, 4) is 0 Å². The van der Waals surface area contributed by atoms with Crippen LogP contribution < -0.4 is 0 Å². The summed E-state index contributed by atoms with van der Waals surface area (Å²) in [7, 11) is 0. The summed E-state index contributed by atoms with van der Waals surface area (Å²) in [6, 6.07) is 0. The third-order valence-electron chi connectivity index (χ3n) is 24.6. The number of ether oxygens (including phenoxy) is 12. The molecule has 6 heterocycles. The summed E-state index contributed by atoms with van der Waals surface area (Å²) in [4.78, 5) is 15.5. The number of fused-ring (bicyclic) bond motifs is 7. The second-order valence-electron chi connectivity index (χ2n) is 30.8. The average molecular weight is 1370 g/mol. The minimum absolute atomic E-state index is 0.0780. The van der Waals surface area contributed by atoms with Gasteiger partial charge in [0.15, 0.2) is 37.6 Å². The number of rotatable bonds is 16. The predicted molar refractivity (Wildman–Crippen MR) is 313 cm³/mol. The molecule has 0 aromatic rings. The standard InChI is InChI=1S/C63H102O32/c1-24-45(91-51-44(80)46(29(69)19-84-51)92-55-48(81)62(83,22-66)23-87-55)40(76)43(79)52(88-24)93-47-35(71)28(68)18-85-54(47)95-56(82)63-13-12-57(2,3)14-26(63)25-8-9-33-58(4)15-27(67)49(59(5,21-65)32(58)10-11-60(33,6)61(25,7)16-34(63)70)94-53-42(78)39(75)37(73)31(90-53)20-86-50-41(77)38(74)36(72)30(17-64)89-50/h8,24,26-55,64-81,83H,9-23H2,1-7H3/t24-,26-,27-,28-,29+,30+,31+,32+,33+,34+,35-,36+,37+,38-,39-,40-,41+,42+,43+,44+,45-,46-,47+,48-,49-,50+,51-,52-,53-,54-,55-,58-,59-,60+,61+,62+,63+/m0/s1. The van der Waals surface area contributed by atoms with Crippen LogP contribution in [0.5, 0.6) is 0 Å². The van der Waals surface area contributed by atoms with E-state index >= 15 is 4.79 Å². The van der Waals surface area contributed by atoms with E-state index in [-0.39, 0.29) is 36.5 Å². The Bertz CT molecular complexity index is 2700. The zero-order valence-electron chi connectivity index (χ0n) is 54.4. The third-order valence-corrected chi connectivity index (χ3v) is 24.6. The molecule has 95 heavy (non-hydrogen) atoms. The fourth-order valence-corrected chi connectivity index (χ4v) is 18.8. The van der Waals surface area contributed by atoms with Gasteiger partial charge in [0.25, 0.3) is 0 Å². The molecule has 0 aromatic heterocycles. The second-order valence-corrected chi connectivity index (χ2v) is 30.8. The zero-order valence-corrected chi connectivity index (χ0v) is 54.4. The molecule has 11 rings (SSSR count). The smallest absolute Gasteiger partial charge is 0.317 e. The van der Waals surface area contributed by atoms with E-state index in [2.05, 4.69) is 40.7 Å². The number of carbonyl (C=O) groups is 1. The second kappa shape index (κ2) is 27.3. The van der Waals surface area contributed by atoms with E-state index in [1.54, 1.807) is 6.92 Å². The van der Waals surface area contributed by atoms with Crippen LogP contribution in [-0.2, 0) is 61.6 Å². The van der Waals surface area contributed by atoms with Crippen LogP contribution in [0.4, 0.5) is 0 Å². The molecule has 0 aromatic carbocycles. The highest BCUT2D eigenvalue weighted by atomic mass is 16.8. The monoisotopic (exact) mass is 1370 g/mol. The summed E-state index contributed by atoms with van der Waals surface area (Å²) >= 11 is 0. The molecule has 19 N–H and O–H groups in total. The van der Waals surface area contributed by atoms with Crippen LogP contribution >= 0.6 is 0 Å². The Hall–Kier alpha value is -1.99. The Morgan fingerprint density at radius 3 is 1.83 bits per heavy atom. The Labute approximate surface area is 548 Å². The van der Waals surface area contributed by atoms with Gasteiger partial charge in [-0.3, -0.25) is 4.79 Å². The molecule has 32 nitrogen and oxygen atoms in total. The highest BCUT2D eigenvalue weighted by Crippen LogP contribution is 2.76. The molecule has 37 atom stereocenters. The number of allylic oxidation sites excluding steroid dienone is 2. The lowest BCUT2D eigenvalue weighted by atomic mass is 9.33. The van der Waals surface area contributed by atoms with Crippen molar-refractivity contribution in [3.05, 3.63) is 11.6 Å². The van der Waals surface area contributed by atoms with Crippen LogP contribution in [-0.4, -0.2) is 327 Å². The fraction of sp³-hybridized carbons (Fsp3) is 0.952. The van der Waals surface area contributed by atoms with Gasteiger partial charge in [-0.1, -0.05) is 53.2 Å². The minimum Gasteiger partial charge on any atom is -0.432 e. The van der Waals surface area contributed by atoms with E-state index in [1.807, 2.05) is 0 Å². The van der Waals surface area contributed by atoms with Gasteiger partial charge in [0.1, 0.15) is 115 Å². The number of aliphatic hydroxyl groups is 19. The number of carbonyl (C=O) groups excluding carboxylic acids is 1. The molecule has 6 saturated heterocycles. The van der Waals surface area contributed by atoms with Crippen molar-refractivity contribution >= 4 is 5.97 Å². The van der Waals surface area contributed by atoms with Gasteiger partial charge in [-0.25, -0.2) is 0 Å². The summed E-state index contributed by atoms with van der Waals surface area (Å²) in [6.45, 7) is 9.42. The maximum absolute atomic E-state index is 15.5. The lowest BCUT2D eigenvalue weighted by Crippen LogP contribution is -2.70. The SMILES string of the molecule is C[C@@H]1O[C@@H](O[C@H]2[C@H](OC(=O)[C@]34CCC(C)(C)C[C@H]3C3=CC[C@@H]5[C@@]6(C)C[C@H](O)[C@H](O[C@@H]7O[C@H](CO[C@@H]8O[C@H](CO)[C@@H](O)[C@H](O)[C@H]8O)[C@@H](O)[C@H](O)[C@H]7O)[C@@](C)(CO)[C@@H]6CC[C@@]5(C)[C@]3(C)C[C@H]4O)OC[C@H](O)[C@@H]2O)[C@H](O)[C@H](O)[C@H]1O[C@@H]1OC[C@@H](O)[C@H](O[C@@H]2OC[C@](O)(CO)[C@H]2O)[C@H]1O. The van der Waals surface area contributed by atoms with Crippen molar-refractivity contribution in [2.45, 2.75) is 277 Å². The first kappa shape index (κ1) is 74.2. The largest absolute Gasteiger partial charge is 0.432 e. The third kappa shape index (κ3) is 12.4. The summed E-state index contributed by atoms with van der Waals surface area (Å²) in [5.41, 5.74) is -6.52. The highest BCUT2D eigenvalue weighted by Gasteiger charge is 2.73. The predicted octanol–water partition coefficient (Wildman–Crippen LogP) is -6.53. The topological polar surface area (TPSA) is 512 Å². The molecule has 0 bridgehead atoms. The van der Waals surface area contributed by atoms with E-state index in [4.69, 9.17) is 56.8 Å². The molecule has 32 heteroatoms. The van der Waals surface area contributed by atoms with E-state index < -0.39 is 263 Å². The van der Waals surface area contributed by atoms with E-state index in [9.17, 15) is 97.0 Å². The van der Waals surface area contributed by atoms with Crippen molar-refractivity contribution in [2.75, 3.05) is 46.2 Å². The molecule has 10 fully saturated rings. The number of aliphatic hydroxyl groups excluding tert-OH is 18. The first-order valence-corrected chi connectivity index (χ1v) is 33.2. The zero-order chi connectivity index (χ0) is 69.4. The molecule has 6 aliphatic heterocycles. The first-order valence-electron chi connectivity index (χ1n) is 33.2. The van der Waals surface area contributed by atoms with Gasteiger partial charge in [0, 0.05) is 5.41 Å². The van der Waals surface area contributed by atoms with Gasteiger partial charge in [-0.15, -0.1) is 0 Å². The quantitative estimate of drug-likeness (QED) is 0.0388. The van der Waals surface area contributed by atoms with Gasteiger partial charge in [0.05, 0.1) is 70.7 Å². The normalized spacial score (nSPS) is 55.5. The Morgan fingerprint density at radius 2 is 1.17 bits per heavy atom. The lowest BCUT2D eigenvalue weighted by Gasteiger charge is -2.72. The van der Waals surface area contributed by atoms with Crippen molar-refractivity contribution in [3.63, 3.8) is 0 Å². The number of hydrogen-bond acceptors (Lipinski definition) is 32. The maximum atomic E-state index is 15.5. The van der Waals surface area contributed by atoms with Crippen molar-refractivity contribution < 1.29 is 159 Å². The van der Waals surface area contributed by atoms with Gasteiger partial charge in [-0.2, -0.15) is 0 Å². The Morgan fingerprint density at radius 1 is 0.558 bits per heavy atom. The van der Waals surface area contributed by atoms with Crippen molar-refractivity contribution in [1.82, 2.24) is 0 Å². The number of esters is 1. The van der Waals surface area contributed by atoms with Gasteiger partial charge >= 0.3 is 5.97 Å². The molecule has 5 aliphatic carbocycles. The summed E-state index contributed by atoms with van der Waals surface area (Å²) in [6.07, 6.45) is -41.3. The Balaban J connectivity index is 0.786. The van der Waals surface area contributed by atoms with Crippen LogP contribution in [0.3, 0.4) is 0 Å². The molecule has 0 unspecified atom stereocenters. The van der Waals surface area contributed by atoms with E-state index in [0.29, 0.717) is 32.1 Å². The van der Waals surface area contributed by atoms with Crippen LogP contribution in [0.25, 0.3) is 0 Å². The molecular formula is C63H102O32. The molecule has 4 saturated carbocycles. The molecular weight excluding hydrogens is 1270 g/mol. The van der Waals surface area contributed by atoms with Gasteiger partial charge < -0.3 is 154 Å². The van der Waals surface area contributed by atoms with Crippen LogP contribution in [0, 0.1) is 50.2 Å². The molecule has 0 radical (unpaired) electrons. The lowest BCUT2D eigenvalue weighted by molar-refractivity contribution is -0.372. The molecule has 11 aliphatic rings.